The van der Waals surface area contributed by atoms with Gasteiger partial charge in [-0.1, -0.05) is 0 Å². The van der Waals surface area contributed by atoms with Crippen LogP contribution in [0.3, 0.4) is 0 Å². The Morgan fingerprint density at radius 1 is 1.00 bits per heavy atom. The van der Waals surface area contributed by atoms with Crippen LogP contribution in [0.1, 0.15) is 10.5 Å². The van der Waals surface area contributed by atoms with E-state index in [0.717, 1.165) is 0 Å². The average molecular weight is 368 g/mol. The van der Waals surface area contributed by atoms with Crippen molar-refractivity contribution in [2.24, 2.45) is 0 Å². The number of aromatic nitrogens is 2. The van der Waals surface area contributed by atoms with Crippen LogP contribution in [0.4, 0.5) is 8.78 Å². The Morgan fingerprint density at radius 2 is 1.63 bits per heavy atom. The highest BCUT2D eigenvalue weighted by Crippen LogP contribution is 2.25. The number of carbonyl (C=O) groups is 2. The Bertz CT molecular complexity index is 950. The number of benzene rings is 2. The molecule has 6 nitrogen and oxygen atoms in total. The van der Waals surface area contributed by atoms with Crippen LogP contribution in [-0.2, 0) is 4.79 Å². The Hall–Kier alpha value is -3.55. The van der Waals surface area contributed by atoms with Crippen LogP contribution in [0.15, 0.2) is 54.6 Å². The predicted molar refractivity (Wildman–Crippen MR) is 93.0 cm³/mol. The molecule has 1 fully saturated rings. The van der Waals surface area contributed by atoms with Crippen LogP contribution in [0.5, 0.6) is 0 Å². The van der Waals surface area contributed by atoms with E-state index in [1.165, 1.54) is 46.0 Å². The van der Waals surface area contributed by atoms with Crippen molar-refractivity contribution in [2.45, 2.75) is 0 Å². The van der Waals surface area contributed by atoms with E-state index in [1.807, 2.05) is 0 Å². The molecule has 0 atom stereocenters. The average Bonchev–Trinajstić information content (AvgIpc) is 3.29. The van der Waals surface area contributed by atoms with Crippen molar-refractivity contribution in [2.75, 3.05) is 13.2 Å². The third-order valence-electron chi connectivity index (χ3n) is 4.23. The maximum atomic E-state index is 13.3. The monoisotopic (exact) mass is 368 g/mol. The number of nitrogens with zero attached hydrogens (tertiary/aromatic N) is 3. The SMILES string of the molecule is O=C1CN(C(=O)c2cc(-c3ccc(F)cc3)n(-c3ccc(F)cc3)n2)CN1. The molecule has 2 aromatic carbocycles. The maximum absolute atomic E-state index is 13.3. The van der Waals surface area contributed by atoms with E-state index in [1.54, 1.807) is 18.2 Å². The normalized spacial score (nSPS) is 13.7. The topological polar surface area (TPSA) is 67.2 Å². The number of rotatable bonds is 3. The molecule has 1 aliphatic rings. The molecule has 8 heteroatoms. The number of carbonyl (C=O) groups excluding carboxylic acids is 2. The van der Waals surface area contributed by atoms with E-state index in [0.29, 0.717) is 16.9 Å². The zero-order chi connectivity index (χ0) is 19.0. The minimum absolute atomic E-state index is 0.0336. The van der Waals surface area contributed by atoms with Crippen LogP contribution in [0.2, 0.25) is 0 Å². The molecule has 2 amide bonds. The van der Waals surface area contributed by atoms with Gasteiger partial charge in [-0.3, -0.25) is 9.59 Å². The fraction of sp³-hybridized carbons (Fsp3) is 0.105. The van der Waals surface area contributed by atoms with Crippen molar-refractivity contribution in [3.05, 3.63) is 71.9 Å². The molecule has 0 aliphatic carbocycles. The van der Waals surface area contributed by atoms with Crippen molar-refractivity contribution in [3.8, 4) is 16.9 Å². The molecule has 1 saturated heterocycles. The van der Waals surface area contributed by atoms with E-state index >= 15 is 0 Å². The van der Waals surface area contributed by atoms with E-state index in [9.17, 15) is 18.4 Å². The lowest BCUT2D eigenvalue weighted by Gasteiger charge is -2.10. The van der Waals surface area contributed by atoms with Gasteiger partial charge in [0.2, 0.25) is 5.91 Å². The van der Waals surface area contributed by atoms with Crippen molar-refractivity contribution in [1.29, 1.82) is 0 Å². The fourth-order valence-corrected chi connectivity index (χ4v) is 2.87. The van der Waals surface area contributed by atoms with Gasteiger partial charge in [0, 0.05) is 5.56 Å². The Labute approximate surface area is 153 Å². The van der Waals surface area contributed by atoms with Gasteiger partial charge in [0.05, 0.1) is 18.1 Å². The summed E-state index contributed by atoms with van der Waals surface area (Å²) in [5.41, 5.74) is 1.87. The molecular weight excluding hydrogens is 354 g/mol. The molecule has 4 rings (SSSR count). The van der Waals surface area contributed by atoms with E-state index in [2.05, 4.69) is 10.4 Å². The summed E-state index contributed by atoms with van der Waals surface area (Å²) < 4.78 is 28.0. The largest absolute Gasteiger partial charge is 0.337 e. The molecule has 0 spiro atoms. The maximum Gasteiger partial charge on any atom is 0.276 e. The van der Waals surface area contributed by atoms with Crippen LogP contribution in [0, 0.1) is 11.6 Å². The van der Waals surface area contributed by atoms with Gasteiger partial charge in [-0.05, 0) is 54.6 Å². The molecule has 0 radical (unpaired) electrons. The first kappa shape index (κ1) is 16.9. The molecule has 3 aromatic rings. The molecule has 27 heavy (non-hydrogen) atoms. The van der Waals surface area contributed by atoms with Gasteiger partial charge >= 0.3 is 0 Å². The first-order valence-corrected chi connectivity index (χ1v) is 8.19. The lowest BCUT2D eigenvalue weighted by atomic mass is 10.1. The molecule has 0 saturated carbocycles. The summed E-state index contributed by atoms with van der Waals surface area (Å²) in [4.78, 5) is 25.4. The third kappa shape index (κ3) is 3.29. The summed E-state index contributed by atoms with van der Waals surface area (Å²) in [5, 5.41) is 6.91. The van der Waals surface area contributed by atoms with Gasteiger partial charge in [0.25, 0.3) is 5.91 Å². The fourth-order valence-electron chi connectivity index (χ4n) is 2.87. The summed E-state index contributed by atoms with van der Waals surface area (Å²) in [6, 6.07) is 13.0. The van der Waals surface area contributed by atoms with Crippen molar-refractivity contribution in [3.63, 3.8) is 0 Å². The zero-order valence-corrected chi connectivity index (χ0v) is 14.0. The first-order valence-electron chi connectivity index (χ1n) is 8.19. The van der Waals surface area contributed by atoms with E-state index in [-0.39, 0.29) is 30.6 Å². The second-order valence-electron chi connectivity index (χ2n) is 6.07. The zero-order valence-electron chi connectivity index (χ0n) is 14.0. The summed E-state index contributed by atoms with van der Waals surface area (Å²) >= 11 is 0. The van der Waals surface area contributed by atoms with Gasteiger partial charge in [0.15, 0.2) is 5.69 Å². The summed E-state index contributed by atoms with van der Waals surface area (Å²) in [6.45, 7) is 0.0844. The molecule has 1 aliphatic heterocycles. The number of hydrogen-bond acceptors (Lipinski definition) is 3. The highest BCUT2D eigenvalue weighted by molar-refractivity contribution is 5.97. The van der Waals surface area contributed by atoms with E-state index < -0.39 is 11.7 Å². The van der Waals surface area contributed by atoms with E-state index in [4.69, 9.17) is 0 Å². The molecule has 0 unspecified atom stereocenters. The lowest BCUT2D eigenvalue weighted by molar-refractivity contribution is -0.118. The van der Waals surface area contributed by atoms with Gasteiger partial charge < -0.3 is 10.2 Å². The third-order valence-corrected chi connectivity index (χ3v) is 4.23. The highest BCUT2D eigenvalue weighted by atomic mass is 19.1. The second-order valence-corrected chi connectivity index (χ2v) is 6.07. The molecule has 1 N–H and O–H groups in total. The predicted octanol–water partition coefficient (Wildman–Crippen LogP) is 2.35. The Kier molecular flexibility index (Phi) is 4.15. The molecule has 2 heterocycles. The number of nitrogens with one attached hydrogen (secondary N) is 1. The number of halogens is 2. The van der Waals surface area contributed by atoms with Crippen LogP contribution in [-0.4, -0.2) is 39.7 Å². The lowest BCUT2D eigenvalue weighted by Crippen LogP contribution is -2.30. The minimum atomic E-state index is -0.405. The standard InChI is InChI=1S/C19H14F2N4O2/c20-13-3-1-12(2-4-13)17-9-16(19(27)24-10-18(26)22-11-24)23-25(17)15-7-5-14(21)6-8-15/h1-9H,10-11H2,(H,22,26). The van der Waals surface area contributed by atoms with Crippen molar-refractivity contribution in [1.82, 2.24) is 20.0 Å². The summed E-state index contributed by atoms with van der Waals surface area (Å²) in [5.74, 6) is -1.42. The minimum Gasteiger partial charge on any atom is -0.337 e. The van der Waals surface area contributed by atoms with Gasteiger partial charge in [-0.25, -0.2) is 13.5 Å². The molecular formula is C19H14F2N4O2. The van der Waals surface area contributed by atoms with Gasteiger partial charge in [-0.2, -0.15) is 5.10 Å². The van der Waals surface area contributed by atoms with Crippen molar-refractivity contribution >= 4 is 11.8 Å². The van der Waals surface area contributed by atoms with Crippen LogP contribution >= 0.6 is 0 Å². The highest BCUT2D eigenvalue weighted by Gasteiger charge is 2.27. The Morgan fingerprint density at radius 3 is 2.22 bits per heavy atom. The Balaban J connectivity index is 1.79. The number of amides is 2. The van der Waals surface area contributed by atoms with Crippen molar-refractivity contribution < 1.29 is 18.4 Å². The summed E-state index contributed by atoms with van der Waals surface area (Å²) in [7, 11) is 0. The smallest absolute Gasteiger partial charge is 0.276 e. The molecule has 136 valence electrons. The first-order chi connectivity index (χ1) is 13.0. The van der Waals surface area contributed by atoms with Gasteiger partial charge in [-0.15, -0.1) is 0 Å². The number of hydrogen-bond donors (Lipinski definition) is 1. The summed E-state index contributed by atoms with van der Waals surface area (Å²) in [6.07, 6.45) is 0. The quantitative estimate of drug-likeness (QED) is 0.772. The molecule has 1 aromatic heterocycles. The van der Waals surface area contributed by atoms with Crippen LogP contribution in [0.25, 0.3) is 16.9 Å². The second kappa shape index (κ2) is 6.64. The van der Waals surface area contributed by atoms with Gasteiger partial charge in [0.1, 0.15) is 18.2 Å². The van der Waals surface area contributed by atoms with Crippen LogP contribution < -0.4 is 5.32 Å². The molecule has 0 bridgehead atoms.